The molecule has 1 aromatic carbocycles. The molecule has 1 unspecified atom stereocenters. The van der Waals surface area contributed by atoms with Crippen LogP contribution < -0.4 is 16.0 Å². The van der Waals surface area contributed by atoms with E-state index in [0.717, 1.165) is 4.57 Å². The van der Waals surface area contributed by atoms with Crippen molar-refractivity contribution in [2.24, 2.45) is 0 Å². The lowest BCUT2D eigenvalue weighted by molar-refractivity contribution is -0.142. The summed E-state index contributed by atoms with van der Waals surface area (Å²) in [5, 5.41) is 9.28. The van der Waals surface area contributed by atoms with Gasteiger partial charge in [-0.15, -0.1) is 4.80 Å². The largest absolute Gasteiger partial charge is 0.496 e. The van der Waals surface area contributed by atoms with Gasteiger partial charge in [-0.3, -0.25) is 14.2 Å². The highest BCUT2D eigenvalue weighted by atomic mass is 32.1. The summed E-state index contributed by atoms with van der Waals surface area (Å²) in [6.45, 7) is 4.21. The molecule has 1 amide bonds. The number of halogens is 1. The smallest absolute Gasteiger partial charge is 0.333 e. The van der Waals surface area contributed by atoms with Gasteiger partial charge in [-0.1, -0.05) is 11.3 Å². The SMILES string of the molecule is COCCO[C@@H](Cn1c(=O)n(C2(C)CCCN(C)C2=O)c(=O)c2c(C)c(-n3nccn3)sc21)c1cc(F)ccc1OC. The Hall–Kier alpha value is -3.88. The molecule has 0 N–H and O–H groups in total. The normalized spacial score (nSPS) is 18.1. The number of amides is 1. The Kier molecular flexibility index (Phi) is 8.30. The van der Waals surface area contributed by atoms with Crippen LogP contribution in [0.2, 0.25) is 0 Å². The average molecular weight is 601 g/mol. The van der Waals surface area contributed by atoms with Crippen LogP contribution in [0.3, 0.4) is 0 Å². The van der Waals surface area contributed by atoms with Crippen molar-refractivity contribution in [3.63, 3.8) is 0 Å². The van der Waals surface area contributed by atoms with Crippen molar-refractivity contribution in [1.29, 1.82) is 0 Å². The third kappa shape index (κ3) is 5.03. The van der Waals surface area contributed by atoms with E-state index < -0.39 is 28.7 Å². The summed E-state index contributed by atoms with van der Waals surface area (Å²) < 4.78 is 33.8. The van der Waals surface area contributed by atoms with Gasteiger partial charge in [-0.05, 0) is 44.9 Å². The summed E-state index contributed by atoms with van der Waals surface area (Å²) in [5.74, 6) is -0.451. The van der Waals surface area contributed by atoms with Crippen LogP contribution in [-0.4, -0.2) is 76.0 Å². The molecule has 0 bridgehead atoms. The minimum Gasteiger partial charge on any atom is -0.496 e. The number of likely N-dealkylation sites (N-methyl/N-ethyl adjacent to an activating group) is 1. The molecule has 224 valence electrons. The van der Waals surface area contributed by atoms with Crippen LogP contribution >= 0.6 is 11.3 Å². The summed E-state index contributed by atoms with van der Waals surface area (Å²) >= 11 is 1.18. The molecule has 4 heterocycles. The number of ether oxygens (including phenoxy) is 3. The maximum atomic E-state index is 14.5. The quantitative estimate of drug-likeness (QED) is 0.255. The van der Waals surface area contributed by atoms with Crippen LogP contribution in [0.15, 0.2) is 40.2 Å². The van der Waals surface area contributed by atoms with Gasteiger partial charge < -0.3 is 19.1 Å². The Balaban J connectivity index is 1.79. The van der Waals surface area contributed by atoms with Gasteiger partial charge in [0, 0.05) is 31.8 Å². The molecule has 12 nitrogen and oxygen atoms in total. The molecule has 1 aliphatic heterocycles. The molecular formula is C28H33FN6O6S. The monoisotopic (exact) mass is 600 g/mol. The second-order valence-corrected chi connectivity index (χ2v) is 11.4. The second-order valence-electron chi connectivity index (χ2n) is 10.4. The Labute approximate surface area is 244 Å². The highest BCUT2D eigenvalue weighted by Crippen LogP contribution is 2.35. The molecule has 0 saturated carbocycles. The zero-order valence-electron chi connectivity index (χ0n) is 24.1. The standard InChI is InChI=1S/C28H33FN6O6S/c1-17-22-23(36)34(28(2)9-6-12-32(3)26(28)37)27(38)33(25(22)42-24(17)35-30-10-11-31-35)16-21(41-14-13-39-4)19-15-18(29)7-8-20(19)40-5/h7-8,10-11,15,21H,6,9,12-14,16H2,1-5H3/t21-,28?/m0/s1. The maximum Gasteiger partial charge on any atom is 0.333 e. The molecule has 0 aliphatic carbocycles. The average Bonchev–Trinajstić information content (AvgIpc) is 3.61. The molecule has 3 aromatic heterocycles. The number of rotatable bonds is 10. The number of carbonyl (C=O) groups excluding carboxylic acids is 1. The molecular weight excluding hydrogens is 567 g/mol. The second kappa shape index (κ2) is 11.8. The van der Waals surface area contributed by atoms with Crippen molar-refractivity contribution in [1.82, 2.24) is 29.0 Å². The van der Waals surface area contributed by atoms with Gasteiger partial charge in [0.2, 0.25) is 5.91 Å². The first-order valence-corrected chi connectivity index (χ1v) is 14.3. The minimum atomic E-state index is -1.40. The Morgan fingerprint density at radius 2 is 1.88 bits per heavy atom. The lowest BCUT2D eigenvalue weighted by Crippen LogP contribution is -2.59. The fourth-order valence-corrected chi connectivity index (χ4v) is 6.79. The van der Waals surface area contributed by atoms with E-state index in [9.17, 15) is 18.8 Å². The maximum absolute atomic E-state index is 14.5. The molecule has 2 atom stereocenters. The summed E-state index contributed by atoms with van der Waals surface area (Å²) in [6, 6.07) is 4.07. The zero-order chi connectivity index (χ0) is 30.2. The van der Waals surface area contributed by atoms with Gasteiger partial charge in [0.15, 0.2) is 0 Å². The summed E-state index contributed by atoms with van der Waals surface area (Å²) in [5.41, 5.74) is -1.69. The Bertz CT molecular complexity index is 1730. The number of likely N-dealkylation sites (tertiary alicyclic amines) is 1. The van der Waals surface area contributed by atoms with Crippen LogP contribution in [0.4, 0.5) is 4.39 Å². The topological polar surface area (TPSA) is 123 Å². The lowest BCUT2D eigenvalue weighted by Gasteiger charge is -2.38. The van der Waals surface area contributed by atoms with Crippen LogP contribution in [-0.2, 0) is 26.4 Å². The number of piperidine rings is 1. The van der Waals surface area contributed by atoms with Gasteiger partial charge in [-0.25, -0.2) is 13.8 Å². The van der Waals surface area contributed by atoms with Crippen LogP contribution in [0.1, 0.15) is 37.0 Å². The molecule has 1 aliphatic rings. The van der Waals surface area contributed by atoms with Crippen molar-refractivity contribution >= 4 is 27.5 Å². The van der Waals surface area contributed by atoms with Crippen molar-refractivity contribution in [3.05, 3.63) is 68.4 Å². The first-order chi connectivity index (χ1) is 20.1. The molecule has 5 rings (SSSR count). The van der Waals surface area contributed by atoms with Gasteiger partial charge in [0.05, 0.1) is 44.6 Å². The van der Waals surface area contributed by atoms with E-state index in [1.807, 2.05) is 0 Å². The number of methoxy groups -OCH3 is 2. The summed E-state index contributed by atoms with van der Waals surface area (Å²) in [6.07, 6.45) is 3.10. The van der Waals surface area contributed by atoms with Crippen molar-refractivity contribution in [3.8, 4) is 10.8 Å². The van der Waals surface area contributed by atoms with E-state index in [1.165, 1.54) is 70.4 Å². The Morgan fingerprint density at radius 3 is 2.57 bits per heavy atom. The number of hydrogen-bond donors (Lipinski definition) is 0. The summed E-state index contributed by atoms with van der Waals surface area (Å²) in [7, 11) is 4.66. The molecule has 1 saturated heterocycles. The minimum absolute atomic E-state index is 0.106. The van der Waals surface area contributed by atoms with Crippen molar-refractivity contribution in [2.75, 3.05) is 41.0 Å². The first kappa shape index (κ1) is 29.6. The van der Waals surface area contributed by atoms with Crippen molar-refractivity contribution in [2.45, 2.75) is 44.9 Å². The number of nitrogens with zero attached hydrogens (tertiary/aromatic N) is 6. The third-order valence-electron chi connectivity index (χ3n) is 7.74. The van der Waals surface area contributed by atoms with E-state index in [4.69, 9.17) is 14.2 Å². The molecule has 14 heteroatoms. The van der Waals surface area contributed by atoms with E-state index >= 15 is 0 Å². The van der Waals surface area contributed by atoms with Gasteiger partial charge in [0.1, 0.15) is 33.0 Å². The number of thiophene rings is 1. The zero-order valence-corrected chi connectivity index (χ0v) is 24.9. The number of carbonyl (C=O) groups is 1. The molecule has 0 radical (unpaired) electrons. The van der Waals surface area contributed by atoms with E-state index in [0.29, 0.717) is 46.1 Å². The number of benzene rings is 1. The first-order valence-electron chi connectivity index (χ1n) is 13.5. The van der Waals surface area contributed by atoms with Crippen LogP contribution in [0.25, 0.3) is 15.2 Å². The van der Waals surface area contributed by atoms with Gasteiger partial charge >= 0.3 is 5.69 Å². The van der Waals surface area contributed by atoms with Crippen molar-refractivity contribution < 1.29 is 23.4 Å². The number of hydrogen-bond acceptors (Lipinski definition) is 9. The molecule has 4 aromatic rings. The number of aromatic nitrogens is 5. The van der Waals surface area contributed by atoms with Gasteiger partial charge in [0.25, 0.3) is 5.56 Å². The fourth-order valence-electron chi connectivity index (χ4n) is 5.57. The fraction of sp³-hybridized carbons (Fsp3) is 0.464. The van der Waals surface area contributed by atoms with E-state index in [1.54, 1.807) is 20.9 Å². The predicted molar refractivity (Wildman–Crippen MR) is 154 cm³/mol. The molecule has 0 spiro atoms. The lowest BCUT2D eigenvalue weighted by atomic mass is 9.89. The number of fused-ring (bicyclic) bond motifs is 1. The third-order valence-corrected chi connectivity index (χ3v) is 9.02. The van der Waals surface area contributed by atoms with Gasteiger partial charge in [-0.2, -0.15) is 10.2 Å². The Morgan fingerprint density at radius 1 is 1.14 bits per heavy atom. The molecule has 42 heavy (non-hydrogen) atoms. The predicted octanol–water partition coefficient (Wildman–Crippen LogP) is 2.63. The highest BCUT2D eigenvalue weighted by Gasteiger charge is 2.43. The van der Waals surface area contributed by atoms with Crippen LogP contribution in [0.5, 0.6) is 5.75 Å². The highest BCUT2D eigenvalue weighted by molar-refractivity contribution is 7.21. The summed E-state index contributed by atoms with van der Waals surface area (Å²) in [4.78, 5) is 45.4. The number of aryl methyl sites for hydroxylation is 1. The van der Waals surface area contributed by atoms with E-state index in [-0.39, 0.29) is 31.1 Å². The molecule has 1 fully saturated rings. The van der Waals surface area contributed by atoms with E-state index in [2.05, 4.69) is 10.2 Å². The van der Waals surface area contributed by atoms with Crippen LogP contribution in [0, 0.1) is 12.7 Å².